The average molecular weight is 346 g/mol. The summed E-state index contributed by atoms with van der Waals surface area (Å²) in [5, 5.41) is 3.87. The lowest BCUT2D eigenvalue weighted by Crippen LogP contribution is -2.30. The number of amides is 1. The molecule has 2 aromatic heterocycles. The zero-order valence-electron chi connectivity index (χ0n) is 15.2. The van der Waals surface area contributed by atoms with Crippen molar-refractivity contribution in [2.24, 2.45) is 0 Å². The van der Waals surface area contributed by atoms with E-state index in [0.717, 1.165) is 37.4 Å². The standard InChI is InChI=1S/C18H26N4O3/c1-4-15-14(11-21-8-6-7-9-21)10-16(24-15)18(23)22(5-2)12-17-19-13(3)25-20-17/h10H,4-9,11-12H2,1-3H3. The third-order valence-corrected chi connectivity index (χ3v) is 4.59. The van der Waals surface area contributed by atoms with Crippen molar-refractivity contribution in [3.63, 3.8) is 0 Å². The van der Waals surface area contributed by atoms with Crippen LogP contribution in [0.15, 0.2) is 15.0 Å². The minimum Gasteiger partial charge on any atom is -0.456 e. The zero-order valence-corrected chi connectivity index (χ0v) is 15.2. The topological polar surface area (TPSA) is 75.6 Å². The second kappa shape index (κ2) is 7.82. The van der Waals surface area contributed by atoms with Crippen LogP contribution in [0.4, 0.5) is 0 Å². The first-order chi connectivity index (χ1) is 12.1. The lowest BCUT2D eigenvalue weighted by molar-refractivity contribution is 0.0713. The Morgan fingerprint density at radius 1 is 1.32 bits per heavy atom. The summed E-state index contributed by atoms with van der Waals surface area (Å²) in [6.45, 7) is 9.69. The van der Waals surface area contributed by atoms with Crippen LogP contribution in [-0.2, 0) is 19.5 Å². The lowest BCUT2D eigenvalue weighted by atomic mass is 10.2. The highest BCUT2D eigenvalue weighted by Crippen LogP contribution is 2.22. The molecule has 0 spiro atoms. The Morgan fingerprint density at radius 3 is 2.68 bits per heavy atom. The number of hydrogen-bond acceptors (Lipinski definition) is 6. The molecule has 0 saturated carbocycles. The molecule has 1 amide bonds. The highest BCUT2D eigenvalue weighted by atomic mass is 16.5. The van der Waals surface area contributed by atoms with E-state index in [4.69, 9.17) is 8.94 Å². The van der Waals surface area contributed by atoms with Crippen molar-refractivity contribution in [2.75, 3.05) is 19.6 Å². The maximum atomic E-state index is 12.8. The first-order valence-corrected chi connectivity index (χ1v) is 9.03. The molecule has 0 radical (unpaired) electrons. The van der Waals surface area contributed by atoms with Crippen LogP contribution in [0.3, 0.4) is 0 Å². The van der Waals surface area contributed by atoms with Gasteiger partial charge in [-0.25, -0.2) is 0 Å². The molecule has 0 N–H and O–H groups in total. The van der Waals surface area contributed by atoms with Crippen LogP contribution in [0.25, 0.3) is 0 Å². The average Bonchev–Trinajstić information content (AvgIpc) is 3.34. The molecule has 2 aromatic rings. The number of furan rings is 1. The number of carbonyl (C=O) groups excluding carboxylic acids is 1. The normalized spacial score (nSPS) is 15.0. The number of aromatic nitrogens is 2. The van der Waals surface area contributed by atoms with Gasteiger partial charge in [0.1, 0.15) is 5.76 Å². The highest BCUT2D eigenvalue weighted by molar-refractivity contribution is 5.91. The van der Waals surface area contributed by atoms with Crippen molar-refractivity contribution in [1.82, 2.24) is 19.9 Å². The summed E-state index contributed by atoms with van der Waals surface area (Å²) >= 11 is 0. The Balaban J connectivity index is 1.74. The summed E-state index contributed by atoms with van der Waals surface area (Å²) in [4.78, 5) is 21.1. The molecule has 1 aliphatic heterocycles. The fraction of sp³-hybridized carbons (Fsp3) is 0.611. The minimum absolute atomic E-state index is 0.132. The van der Waals surface area contributed by atoms with E-state index in [1.165, 1.54) is 12.8 Å². The fourth-order valence-electron chi connectivity index (χ4n) is 3.25. The van der Waals surface area contributed by atoms with Gasteiger partial charge in [0.2, 0.25) is 5.89 Å². The molecule has 1 aliphatic rings. The van der Waals surface area contributed by atoms with Crippen LogP contribution >= 0.6 is 0 Å². The summed E-state index contributed by atoms with van der Waals surface area (Å²) in [5.41, 5.74) is 1.12. The van der Waals surface area contributed by atoms with E-state index in [1.807, 2.05) is 13.0 Å². The first kappa shape index (κ1) is 17.7. The van der Waals surface area contributed by atoms with Gasteiger partial charge in [0, 0.05) is 32.0 Å². The van der Waals surface area contributed by atoms with Gasteiger partial charge in [-0.15, -0.1) is 0 Å². The van der Waals surface area contributed by atoms with Gasteiger partial charge in [-0.1, -0.05) is 12.1 Å². The van der Waals surface area contributed by atoms with Crippen LogP contribution in [-0.4, -0.2) is 45.5 Å². The van der Waals surface area contributed by atoms with Crippen LogP contribution in [0.2, 0.25) is 0 Å². The molecule has 25 heavy (non-hydrogen) atoms. The maximum absolute atomic E-state index is 12.8. The highest BCUT2D eigenvalue weighted by Gasteiger charge is 2.23. The summed E-state index contributed by atoms with van der Waals surface area (Å²) in [7, 11) is 0. The van der Waals surface area contributed by atoms with E-state index in [1.54, 1.807) is 11.8 Å². The largest absolute Gasteiger partial charge is 0.456 e. The van der Waals surface area contributed by atoms with Crippen LogP contribution < -0.4 is 0 Å². The quantitative estimate of drug-likeness (QED) is 0.767. The Bertz CT molecular complexity index is 716. The van der Waals surface area contributed by atoms with Gasteiger partial charge in [0.25, 0.3) is 5.91 Å². The maximum Gasteiger partial charge on any atom is 0.289 e. The lowest BCUT2D eigenvalue weighted by Gasteiger charge is -2.17. The van der Waals surface area contributed by atoms with Crippen LogP contribution in [0, 0.1) is 6.92 Å². The van der Waals surface area contributed by atoms with Gasteiger partial charge in [-0.3, -0.25) is 9.69 Å². The van der Waals surface area contributed by atoms with E-state index in [0.29, 0.717) is 30.6 Å². The second-order valence-corrected chi connectivity index (χ2v) is 6.44. The number of rotatable bonds is 7. The molecule has 0 unspecified atom stereocenters. The van der Waals surface area contributed by atoms with E-state index in [2.05, 4.69) is 22.0 Å². The SMILES string of the molecule is CCc1oc(C(=O)N(CC)Cc2noc(C)n2)cc1CN1CCCC1. The smallest absolute Gasteiger partial charge is 0.289 e. The summed E-state index contributed by atoms with van der Waals surface area (Å²) in [5.74, 6) is 2.17. The van der Waals surface area contributed by atoms with Crippen molar-refractivity contribution in [2.45, 2.75) is 53.1 Å². The Labute approximate surface area is 148 Å². The number of aryl methyl sites for hydroxylation is 2. The zero-order chi connectivity index (χ0) is 17.8. The molecule has 1 saturated heterocycles. The number of likely N-dealkylation sites (tertiary alicyclic amines) is 1. The molecule has 7 heteroatoms. The van der Waals surface area contributed by atoms with E-state index < -0.39 is 0 Å². The molecular formula is C18H26N4O3. The van der Waals surface area contributed by atoms with Crippen LogP contribution in [0.5, 0.6) is 0 Å². The Morgan fingerprint density at radius 2 is 2.08 bits per heavy atom. The third kappa shape index (κ3) is 4.10. The third-order valence-electron chi connectivity index (χ3n) is 4.59. The molecule has 0 bridgehead atoms. The van der Waals surface area contributed by atoms with E-state index >= 15 is 0 Å². The molecule has 136 valence electrons. The predicted octanol–water partition coefficient (Wildman–Crippen LogP) is 2.79. The van der Waals surface area contributed by atoms with Crippen molar-refractivity contribution in [1.29, 1.82) is 0 Å². The predicted molar refractivity (Wildman–Crippen MR) is 92.0 cm³/mol. The van der Waals surface area contributed by atoms with E-state index in [9.17, 15) is 4.79 Å². The fourth-order valence-corrected chi connectivity index (χ4v) is 3.25. The van der Waals surface area contributed by atoms with Gasteiger partial charge < -0.3 is 13.8 Å². The molecular weight excluding hydrogens is 320 g/mol. The number of carbonyl (C=O) groups is 1. The molecule has 1 fully saturated rings. The van der Waals surface area contributed by atoms with Gasteiger partial charge in [-0.2, -0.15) is 4.98 Å². The Hall–Kier alpha value is -2.15. The molecule has 0 aromatic carbocycles. The van der Waals surface area contributed by atoms with Gasteiger partial charge in [-0.05, 0) is 38.9 Å². The van der Waals surface area contributed by atoms with Crippen molar-refractivity contribution in [3.05, 3.63) is 34.9 Å². The van der Waals surface area contributed by atoms with Crippen molar-refractivity contribution in [3.8, 4) is 0 Å². The molecule has 7 nitrogen and oxygen atoms in total. The van der Waals surface area contributed by atoms with Gasteiger partial charge in [0.05, 0.1) is 6.54 Å². The van der Waals surface area contributed by atoms with Crippen molar-refractivity contribution < 1.29 is 13.7 Å². The molecule has 3 rings (SSSR count). The minimum atomic E-state index is -0.132. The van der Waals surface area contributed by atoms with Crippen molar-refractivity contribution >= 4 is 5.91 Å². The summed E-state index contributed by atoms with van der Waals surface area (Å²) in [6, 6.07) is 1.91. The number of nitrogens with zero attached hydrogens (tertiary/aromatic N) is 4. The number of hydrogen-bond donors (Lipinski definition) is 0. The van der Waals surface area contributed by atoms with Gasteiger partial charge >= 0.3 is 0 Å². The summed E-state index contributed by atoms with van der Waals surface area (Å²) in [6.07, 6.45) is 3.28. The monoisotopic (exact) mass is 346 g/mol. The van der Waals surface area contributed by atoms with Crippen LogP contribution in [0.1, 0.15) is 60.3 Å². The molecule has 0 aliphatic carbocycles. The molecule has 0 atom stereocenters. The second-order valence-electron chi connectivity index (χ2n) is 6.44. The van der Waals surface area contributed by atoms with E-state index in [-0.39, 0.29) is 5.91 Å². The van der Waals surface area contributed by atoms with Gasteiger partial charge in [0.15, 0.2) is 11.6 Å². The first-order valence-electron chi connectivity index (χ1n) is 9.03. The summed E-state index contributed by atoms with van der Waals surface area (Å²) < 4.78 is 10.9. The Kier molecular flexibility index (Phi) is 5.53. The molecule has 3 heterocycles.